The van der Waals surface area contributed by atoms with Crippen molar-refractivity contribution >= 4 is 21.8 Å². The Bertz CT molecular complexity index is 829. The third kappa shape index (κ3) is 6.52. The quantitative estimate of drug-likeness (QED) is 0.644. The molecule has 0 radical (unpaired) electrons. The van der Waals surface area contributed by atoms with Crippen molar-refractivity contribution in [3.05, 3.63) is 29.8 Å². The highest BCUT2D eigenvalue weighted by Gasteiger charge is 2.21. The molecule has 3 rings (SSSR count). The van der Waals surface area contributed by atoms with Crippen molar-refractivity contribution in [3.8, 4) is 0 Å². The Morgan fingerprint density at radius 2 is 1.87 bits per heavy atom. The second-order valence-electron chi connectivity index (χ2n) is 7.82. The molecule has 1 aromatic carbocycles. The highest BCUT2D eigenvalue weighted by atomic mass is 32.2. The third-order valence-corrected chi connectivity index (χ3v) is 6.94. The molecule has 2 aliphatic heterocycles. The molecular weight excluding hydrogens is 406 g/mol. The number of ether oxygens (including phenoxy) is 1. The summed E-state index contributed by atoms with van der Waals surface area (Å²) in [5, 5.41) is 2.72. The maximum absolute atomic E-state index is 12.5. The van der Waals surface area contributed by atoms with E-state index >= 15 is 0 Å². The van der Waals surface area contributed by atoms with Crippen LogP contribution in [-0.2, 0) is 19.6 Å². The summed E-state index contributed by atoms with van der Waals surface area (Å²) in [5.74, 6) is -0.346. The Kier molecular flexibility index (Phi) is 8.24. The number of amides is 2. The van der Waals surface area contributed by atoms with Crippen molar-refractivity contribution in [2.75, 3.05) is 32.8 Å². The summed E-state index contributed by atoms with van der Waals surface area (Å²) in [6.07, 6.45) is 6.27. The largest absolute Gasteiger partial charge is 0.377 e. The molecule has 166 valence electrons. The van der Waals surface area contributed by atoms with E-state index in [1.165, 1.54) is 18.2 Å². The smallest absolute Gasteiger partial charge is 0.251 e. The molecule has 0 aliphatic carbocycles. The van der Waals surface area contributed by atoms with Crippen molar-refractivity contribution in [1.82, 2.24) is 14.9 Å². The van der Waals surface area contributed by atoms with Crippen molar-refractivity contribution in [2.45, 2.75) is 55.9 Å². The normalized spacial score (nSPS) is 20.0. The van der Waals surface area contributed by atoms with Gasteiger partial charge in [0, 0.05) is 44.8 Å². The van der Waals surface area contributed by atoms with Gasteiger partial charge in [0.15, 0.2) is 0 Å². The maximum Gasteiger partial charge on any atom is 0.251 e. The first kappa shape index (κ1) is 22.7. The monoisotopic (exact) mass is 437 g/mol. The zero-order valence-electron chi connectivity index (χ0n) is 17.3. The fraction of sp³-hybridized carbons (Fsp3) is 0.619. The van der Waals surface area contributed by atoms with Crippen LogP contribution < -0.4 is 10.0 Å². The number of sulfonamides is 1. The molecular formula is C21H31N3O5S. The van der Waals surface area contributed by atoms with Gasteiger partial charge in [0.1, 0.15) is 0 Å². The SMILES string of the molecule is O=C(NCCC(=O)N1CCCCCC1)c1cccc(S(=O)(=O)NCC2CCCO2)c1. The molecule has 1 unspecified atom stereocenters. The molecule has 1 aromatic rings. The van der Waals surface area contributed by atoms with E-state index in [4.69, 9.17) is 4.74 Å². The van der Waals surface area contributed by atoms with Gasteiger partial charge < -0.3 is 15.0 Å². The first-order valence-electron chi connectivity index (χ1n) is 10.7. The number of carbonyl (C=O) groups is 2. The molecule has 0 spiro atoms. The van der Waals surface area contributed by atoms with Crippen LogP contribution in [0.3, 0.4) is 0 Å². The number of benzene rings is 1. The summed E-state index contributed by atoms with van der Waals surface area (Å²) in [4.78, 5) is 26.6. The van der Waals surface area contributed by atoms with Crippen LogP contribution in [0.15, 0.2) is 29.2 Å². The van der Waals surface area contributed by atoms with Gasteiger partial charge in [0.2, 0.25) is 15.9 Å². The standard InChI is InChI=1S/C21H31N3O5S/c25-20(24-12-3-1-2-4-13-24)10-11-22-21(26)17-7-5-9-19(15-17)30(27,28)23-16-18-8-6-14-29-18/h5,7,9,15,18,23H,1-4,6,8,10-14,16H2,(H,22,26). The zero-order valence-corrected chi connectivity index (χ0v) is 18.1. The lowest BCUT2D eigenvalue weighted by Gasteiger charge is -2.20. The Morgan fingerprint density at radius 1 is 1.10 bits per heavy atom. The van der Waals surface area contributed by atoms with E-state index in [-0.39, 0.29) is 42.0 Å². The topological polar surface area (TPSA) is 105 Å². The fourth-order valence-electron chi connectivity index (χ4n) is 3.76. The summed E-state index contributed by atoms with van der Waals surface area (Å²) < 4.78 is 33.0. The van der Waals surface area contributed by atoms with E-state index in [1.807, 2.05) is 4.90 Å². The van der Waals surface area contributed by atoms with Crippen molar-refractivity contribution in [2.24, 2.45) is 0 Å². The lowest BCUT2D eigenvalue weighted by molar-refractivity contribution is -0.131. The maximum atomic E-state index is 12.5. The molecule has 0 aromatic heterocycles. The summed E-state index contributed by atoms with van der Waals surface area (Å²) in [5.41, 5.74) is 0.247. The third-order valence-electron chi connectivity index (χ3n) is 5.51. The molecule has 2 amide bonds. The highest BCUT2D eigenvalue weighted by Crippen LogP contribution is 2.15. The van der Waals surface area contributed by atoms with E-state index in [1.54, 1.807) is 6.07 Å². The molecule has 9 heteroatoms. The number of nitrogens with zero attached hydrogens (tertiary/aromatic N) is 1. The van der Waals surface area contributed by atoms with Crippen molar-refractivity contribution in [1.29, 1.82) is 0 Å². The average molecular weight is 438 g/mol. The van der Waals surface area contributed by atoms with Crippen LogP contribution in [0.5, 0.6) is 0 Å². The van der Waals surface area contributed by atoms with Crippen molar-refractivity contribution < 1.29 is 22.7 Å². The lowest BCUT2D eigenvalue weighted by atomic mass is 10.2. The zero-order chi connectivity index (χ0) is 21.4. The van der Waals surface area contributed by atoms with E-state index in [9.17, 15) is 18.0 Å². The van der Waals surface area contributed by atoms with Gasteiger partial charge in [-0.3, -0.25) is 9.59 Å². The Hall–Kier alpha value is -1.97. The first-order valence-corrected chi connectivity index (χ1v) is 12.2. The number of likely N-dealkylation sites (tertiary alicyclic amines) is 1. The Labute approximate surface area is 178 Å². The number of nitrogens with one attached hydrogen (secondary N) is 2. The molecule has 2 fully saturated rings. The molecule has 30 heavy (non-hydrogen) atoms. The summed E-state index contributed by atoms with van der Waals surface area (Å²) >= 11 is 0. The van der Waals surface area contributed by atoms with Gasteiger partial charge in [0.25, 0.3) is 5.91 Å². The van der Waals surface area contributed by atoms with Crippen LogP contribution in [0.25, 0.3) is 0 Å². The van der Waals surface area contributed by atoms with Crippen LogP contribution in [0, 0.1) is 0 Å². The van der Waals surface area contributed by atoms with E-state index in [0.717, 1.165) is 51.6 Å². The average Bonchev–Trinajstić information content (AvgIpc) is 3.12. The van der Waals surface area contributed by atoms with E-state index in [0.29, 0.717) is 6.61 Å². The molecule has 2 heterocycles. The molecule has 8 nitrogen and oxygen atoms in total. The van der Waals surface area contributed by atoms with Crippen LogP contribution >= 0.6 is 0 Å². The lowest BCUT2D eigenvalue weighted by Crippen LogP contribution is -2.35. The number of hydrogen-bond donors (Lipinski definition) is 2. The minimum atomic E-state index is -3.73. The van der Waals surface area contributed by atoms with Gasteiger partial charge in [-0.15, -0.1) is 0 Å². The van der Waals surface area contributed by atoms with E-state index < -0.39 is 15.9 Å². The summed E-state index contributed by atoms with van der Waals surface area (Å²) in [6, 6.07) is 5.91. The summed E-state index contributed by atoms with van der Waals surface area (Å²) in [6.45, 7) is 2.67. The fourth-order valence-corrected chi connectivity index (χ4v) is 4.87. The van der Waals surface area contributed by atoms with Crippen molar-refractivity contribution in [3.63, 3.8) is 0 Å². The molecule has 1 atom stereocenters. The van der Waals surface area contributed by atoms with Gasteiger partial charge in [-0.1, -0.05) is 18.9 Å². The Balaban J connectivity index is 1.50. The first-order chi connectivity index (χ1) is 14.5. The number of hydrogen-bond acceptors (Lipinski definition) is 5. The minimum Gasteiger partial charge on any atom is -0.377 e. The molecule has 2 saturated heterocycles. The molecule has 0 bridgehead atoms. The van der Waals surface area contributed by atoms with Crippen LogP contribution in [0.4, 0.5) is 0 Å². The highest BCUT2D eigenvalue weighted by molar-refractivity contribution is 7.89. The van der Waals surface area contributed by atoms with Crippen LogP contribution in [-0.4, -0.2) is 64.0 Å². The number of rotatable bonds is 8. The van der Waals surface area contributed by atoms with Gasteiger partial charge in [-0.2, -0.15) is 0 Å². The van der Waals surface area contributed by atoms with Gasteiger partial charge in [-0.05, 0) is 43.9 Å². The van der Waals surface area contributed by atoms with Gasteiger partial charge >= 0.3 is 0 Å². The molecule has 0 saturated carbocycles. The second kappa shape index (κ2) is 10.9. The molecule has 2 N–H and O–H groups in total. The van der Waals surface area contributed by atoms with Crippen LogP contribution in [0.2, 0.25) is 0 Å². The van der Waals surface area contributed by atoms with Gasteiger partial charge in [-0.25, -0.2) is 13.1 Å². The number of carbonyl (C=O) groups excluding carboxylic acids is 2. The van der Waals surface area contributed by atoms with Crippen LogP contribution in [0.1, 0.15) is 55.3 Å². The second-order valence-corrected chi connectivity index (χ2v) is 9.58. The predicted molar refractivity (Wildman–Crippen MR) is 113 cm³/mol. The van der Waals surface area contributed by atoms with E-state index in [2.05, 4.69) is 10.0 Å². The molecule has 2 aliphatic rings. The predicted octanol–water partition coefficient (Wildman–Crippen LogP) is 1.67. The minimum absolute atomic E-state index is 0.0359. The Morgan fingerprint density at radius 3 is 2.57 bits per heavy atom. The summed E-state index contributed by atoms with van der Waals surface area (Å²) in [7, 11) is -3.73. The van der Waals surface area contributed by atoms with Gasteiger partial charge in [0.05, 0.1) is 11.0 Å².